The summed E-state index contributed by atoms with van der Waals surface area (Å²) in [6, 6.07) is 1.98. The van der Waals surface area contributed by atoms with E-state index in [0.29, 0.717) is 5.88 Å². The van der Waals surface area contributed by atoms with Crippen molar-refractivity contribution >= 4 is 17.3 Å². The van der Waals surface area contributed by atoms with E-state index >= 15 is 0 Å². The zero-order valence-electron chi connectivity index (χ0n) is 9.24. The second-order valence-electron chi connectivity index (χ2n) is 3.26. The predicted octanol–water partition coefficient (Wildman–Crippen LogP) is 2.29. The summed E-state index contributed by atoms with van der Waals surface area (Å²) in [5.41, 5.74) is 2.18. The first kappa shape index (κ1) is 12.3. The fourth-order valence-electron chi connectivity index (χ4n) is 1.36. The van der Waals surface area contributed by atoms with Crippen LogP contribution in [0.25, 0.3) is 0 Å². The lowest BCUT2D eigenvalue weighted by atomic mass is 10.2. The van der Waals surface area contributed by atoms with Gasteiger partial charge < -0.3 is 9.64 Å². The predicted molar refractivity (Wildman–Crippen MR) is 63.6 cm³/mol. The molecule has 0 aliphatic rings. The van der Waals surface area contributed by atoms with Gasteiger partial charge in [-0.3, -0.25) is 4.98 Å². The number of anilines is 1. The third kappa shape index (κ3) is 3.68. The van der Waals surface area contributed by atoms with Crippen molar-refractivity contribution in [3.63, 3.8) is 0 Å². The molecule has 0 aliphatic heterocycles. The minimum atomic E-state index is 0.488. The molecule has 0 bridgehead atoms. The number of halogens is 1. The highest BCUT2D eigenvalue weighted by atomic mass is 35.5. The minimum Gasteiger partial charge on any atom is -0.380 e. The maximum atomic E-state index is 5.84. The average molecular weight is 229 g/mol. The van der Waals surface area contributed by atoms with Crippen molar-refractivity contribution < 1.29 is 4.74 Å². The van der Waals surface area contributed by atoms with E-state index in [4.69, 9.17) is 16.3 Å². The van der Waals surface area contributed by atoms with Crippen LogP contribution in [-0.4, -0.2) is 31.8 Å². The highest BCUT2D eigenvalue weighted by Gasteiger charge is 2.05. The fraction of sp³-hybridized carbons (Fsp3) is 0.545. The summed E-state index contributed by atoms with van der Waals surface area (Å²) < 4.78 is 5.31. The maximum Gasteiger partial charge on any atom is 0.0641 e. The Labute approximate surface area is 96.0 Å². The largest absolute Gasteiger partial charge is 0.380 e. The molecular weight excluding hydrogens is 212 g/mol. The number of pyridine rings is 1. The van der Waals surface area contributed by atoms with Crippen LogP contribution in [0.15, 0.2) is 18.5 Å². The zero-order valence-corrected chi connectivity index (χ0v) is 10.00. The molecule has 1 heterocycles. The van der Waals surface area contributed by atoms with E-state index in [-0.39, 0.29) is 0 Å². The standard InChI is InChI=1S/C11H17ClN2O/c1-3-15-7-6-14(2)11-4-5-13-9-10(11)8-12/h4-5,9H,3,6-8H2,1-2H3. The third-order valence-corrected chi connectivity index (χ3v) is 2.50. The first-order valence-corrected chi connectivity index (χ1v) is 5.60. The van der Waals surface area contributed by atoms with Crippen molar-refractivity contribution in [2.75, 3.05) is 31.7 Å². The van der Waals surface area contributed by atoms with Crippen LogP contribution in [0, 0.1) is 0 Å². The Morgan fingerprint density at radius 3 is 3.00 bits per heavy atom. The van der Waals surface area contributed by atoms with Crippen molar-refractivity contribution in [3.8, 4) is 0 Å². The Bertz CT molecular complexity index is 294. The first-order chi connectivity index (χ1) is 7.29. The molecule has 0 radical (unpaired) electrons. The molecule has 84 valence electrons. The van der Waals surface area contributed by atoms with Gasteiger partial charge in [0.1, 0.15) is 0 Å². The second-order valence-corrected chi connectivity index (χ2v) is 3.52. The summed E-state index contributed by atoms with van der Waals surface area (Å²) in [7, 11) is 2.03. The van der Waals surface area contributed by atoms with Gasteiger partial charge in [-0.2, -0.15) is 0 Å². The monoisotopic (exact) mass is 228 g/mol. The Morgan fingerprint density at radius 1 is 1.53 bits per heavy atom. The molecule has 0 saturated heterocycles. The smallest absolute Gasteiger partial charge is 0.0641 e. The van der Waals surface area contributed by atoms with Gasteiger partial charge in [0.25, 0.3) is 0 Å². The van der Waals surface area contributed by atoms with E-state index in [9.17, 15) is 0 Å². The number of hydrogen-bond acceptors (Lipinski definition) is 3. The topological polar surface area (TPSA) is 25.4 Å². The van der Waals surface area contributed by atoms with Crippen molar-refractivity contribution in [2.24, 2.45) is 0 Å². The van der Waals surface area contributed by atoms with Crippen LogP contribution in [0.1, 0.15) is 12.5 Å². The molecule has 0 aromatic carbocycles. The normalized spacial score (nSPS) is 10.3. The number of ether oxygens (including phenoxy) is 1. The van der Waals surface area contributed by atoms with Crippen LogP contribution < -0.4 is 4.90 Å². The molecule has 15 heavy (non-hydrogen) atoms. The summed E-state index contributed by atoms with van der Waals surface area (Å²) in [4.78, 5) is 6.19. The maximum absolute atomic E-state index is 5.84. The summed E-state index contributed by atoms with van der Waals surface area (Å²) in [5.74, 6) is 0.488. The van der Waals surface area contributed by atoms with Crippen LogP contribution in [0.4, 0.5) is 5.69 Å². The first-order valence-electron chi connectivity index (χ1n) is 5.07. The molecule has 0 atom stereocenters. The van der Waals surface area contributed by atoms with E-state index in [1.54, 1.807) is 12.4 Å². The Morgan fingerprint density at radius 2 is 2.33 bits per heavy atom. The van der Waals surface area contributed by atoms with Crippen LogP contribution in [0.2, 0.25) is 0 Å². The molecule has 0 aliphatic carbocycles. The van der Waals surface area contributed by atoms with Gasteiger partial charge in [-0.25, -0.2) is 0 Å². The molecule has 1 aromatic rings. The van der Waals surface area contributed by atoms with Crippen molar-refractivity contribution in [1.82, 2.24) is 4.98 Å². The minimum absolute atomic E-state index is 0.488. The zero-order chi connectivity index (χ0) is 11.1. The molecule has 0 unspecified atom stereocenters. The van der Waals surface area contributed by atoms with Crippen LogP contribution in [0.5, 0.6) is 0 Å². The lowest BCUT2D eigenvalue weighted by Crippen LogP contribution is -2.23. The molecule has 4 heteroatoms. The van der Waals surface area contributed by atoms with E-state index in [1.165, 1.54) is 0 Å². The number of alkyl halides is 1. The lowest BCUT2D eigenvalue weighted by molar-refractivity contribution is 0.154. The Kier molecular flexibility index (Phi) is 5.43. The van der Waals surface area contributed by atoms with Gasteiger partial charge in [0.05, 0.1) is 12.5 Å². The van der Waals surface area contributed by atoms with Crippen molar-refractivity contribution in [3.05, 3.63) is 24.0 Å². The molecule has 0 spiro atoms. The lowest BCUT2D eigenvalue weighted by Gasteiger charge is -2.21. The van der Waals surface area contributed by atoms with E-state index < -0.39 is 0 Å². The molecule has 1 aromatic heterocycles. The van der Waals surface area contributed by atoms with E-state index in [1.807, 2.05) is 20.0 Å². The molecule has 0 fully saturated rings. The van der Waals surface area contributed by atoms with Gasteiger partial charge in [-0.15, -0.1) is 11.6 Å². The fourth-order valence-corrected chi connectivity index (χ4v) is 1.57. The second kappa shape index (κ2) is 6.64. The Hall–Kier alpha value is -0.800. The summed E-state index contributed by atoms with van der Waals surface area (Å²) in [6.45, 7) is 4.35. The van der Waals surface area contributed by atoms with Gasteiger partial charge in [-0.1, -0.05) is 0 Å². The Balaban J connectivity index is 2.59. The molecule has 0 saturated carbocycles. The number of nitrogens with zero attached hydrogens (tertiary/aromatic N) is 2. The van der Waals surface area contributed by atoms with Gasteiger partial charge in [0.2, 0.25) is 0 Å². The van der Waals surface area contributed by atoms with Gasteiger partial charge in [0, 0.05) is 43.8 Å². The highest BCUT2D eigenvalue weighted by molar-refractivity contribution is 6.17. The average Bonchev–Trinajstić information content (AvgIpc) is 2.29. The number of rotatable bonds is 6. The van der Waals surface area contributed by atoms with E-state index in [0.717, 1.165) is 31.0 Å². The van der Waals surface area contributed by atoms with Gasteiger partial charge in [0.15, 0.2) is 0 Å². The molecule has 3 nitrogen and oxygen atoms in total. The molecule has 0 amide bonds. The number of likely N-dealkylation sites (N-methyl/N-ethyl adjacent to an activating group) is 1. The van der Waals surface area contributed by atoms with E-state index in [2.05, 4.69) is 9.88 Å². The van der Waals surface area contributed by atoms with Crippen LogP contribution >= 0.6 is 11.6 Å². The summed E-state index contributed by atoms with van der Waals surface area (Å²) in [6.07, 6.45) is 3.59. The highest BCUT2D eigenvalue weighted by Crippen LogP contribution is 2.19. The van der Waals surface area contributed by atoms with Gasteiger partial charge in [-0.05, 0) is 13.0 Å². The van der Waals surface area contributed by atoms with Crippen LogP contribution in [-0.2, 0) is 10.6 Å². The SMILES string of the molecule is CCOCCN(C)c1ccncc1CCl. The quantitative estimate of drug-likeness (QED) is 0.552. The molecule has 1 rings (SSSR count). The molecular formula is C11H17ClN2O. The third-order valence-electron chi connectivity index (χ3n) is 2.21. The summed E-state index contributed by atoms with van der Waals surface area (Å²) in [5, 5.41) is 0. The number of aromatic nitrogens is 1. The van der Waals surface area contributed by atoms with Crippen molar-refractivity contribution in [1.29, 1.82) is 0 Å². The van der Waals surface area contributed by atoms with Gasteiger partial charge >= 0.3 is 0 Å². The number of hydrogen-bond donors (Lipinski definition) is 0. The summed E-state index contributed by atoms with van der Waals surface area (Å²) >= 11 is 5.84. The van der Waals surface area contributed by atoms with Crippen LogP contribution in [0.3, 0.4) is 0 Å². The van der Waals surface area contributed by atoms with Crippen molar-refractivity contribution in [2.45, 2.75) is 12.8 Å². The molecule has 0 N–H and O–H groups in total.